The van der Waals surface area contributed by atoms with Gasteiger partial charge in [-0.3, -0.25) is 19.5 Å². The minimum atomic E-state index is -4.39. The molecule has 0 aliphatic rings. The van der Waals surface area contributed by atoms with Crippen molar-refractivity contribution in [2.75, 3.05) is 5.75 Å². The predicted octanol–water partition coefficient (Wildman–Crippen LogP) is 1.97. The molecule has 0 fully saturated rings. The molecule has 1 aromatic rings. The van der Waals surface area contributed by atoms with Gasteiger partial charge < -0.3 is 0 Å². The van der Waals surface area contributed by atoms with E-state index in [-0.39, 0.29) is 12.1 Å². The molecular formula is C10H12N2O6S3. The fraction of sp³-hybridized carbons (Fsp3) is 0.400. The molecule has 1 rings (SSSR count). The summed E-state index contributed by atoms with van der Waals surface area (Å²) in [5.41, 5.74) is -0.118. The lowest BCUT2D eigenvalue weighted by Crippen LogP contribution is -2.28. The van der Waals surface area contributed by atoms with Gasteiger partial charge in [0.05, 0.1) is 4.92 Å². The van der Waals surface area contributed by atoms with Crippen LogP contribution in [-0.2, 0) is 14.9 Å². The van der Waals surface area contributed by atoms with Gasteiger partial charge in [0.2, 0.25) is 0 Å². The summed E-state index contributed by atoms with van der Waals surface area (Å²) in [6.45, 7) is 1.11. The van der Waals surface area contributed by atoms with Crippen LogP contribution in [0.4, 0.5) is 5.69 Å². The summed E-state index contributed by atoms with van der Waals surface area (Å²) in [6.07, 6.45) is 1.11. The van der Waals surface area contributed by atoms with E-state index in [1.807, 2.05) is 0 Å². The van der Waals surface area contributed by atoms with Crippen LogP contribution in [0.2, 0.25) is 0 Å². The summed E-state index contributed by atoms with van der Waals surface area (Å²) in [4.78, 5) is 24.9. The Morgan fingerprint density at radius 3 is 2.62 bits per heavy atom. The van der Waals surface area contributed by atoms with Crippen LogP contribution in [0, 0.1) is 10.1 Å². The zero-order valence-corrected chi connectivity index (χ0v) is 13.3. The lowest BCUT2D eigenvalue weighted by Gasteiger charge is -2.09. The summed E-state index contributed by atoms with van der Waals surface area (Å²) in [7, 11) is -1.95. The normalized spacial score (nSPS) is 12.9. The van der Waals surface area contributed by atoms with Gasteiger partial charge in [-0.2, -0.15) is 8.42 Å². The Balaban J connectivity index is 2.46. The second-order valence-corrected chi connectivity index (χ2v) is 7.95. The van der Waals surface area contributed by atoms with E-state index < -0.39 is 26.1 Å². The number of nitro groups is 1. The molecule has 0 amide bonds. The predicted molar refractivity (Wildman–Crippen MR) is 79.8 cm³/mol. The standard InChI is InChI=1S/C10H12N2O6S3/c1-7(13)9(21(16,17)18)4-5-19-20-10-3-2-8(6-11-10)12(14)15/h2-3,6,9H,4-5H2,1H3,(H,16,17,18). The number of aromatic nitrogens is 1. The Morgan fingerprint density at radius 1 is 1.52 bits per heavy atom. The first-order valence-corrected chi connectivity index (χ1v) is 9.40. The molecule has 1 N–H and O–H groups in total. The van der Waals surface area contributed by atoms with Gasteiger partial charge in [-0.25, -0.2) is 4.98 Å². The third kappa shape index (κ3) is 5.99. The molecule has 0 aliphatic heterocycles. The topological polar surface area (TPSA) is 127 Å². The first-order valence-electron chi connectivity index (χ1n) is 5.58. The Labute approximate surface area is 129 Å². The Hall–Kier alpha value is -1.17. The maximum Gasteiger partial charge on any atom is 0.287 e. The Bertz CT molecular complexity index is 616. The Morgan fingerprint density at radius 2 is 2.19 bits per heavy atom. The number of Topliss-reactive ketones (excluding diaryl/α,β-unsaturated/α-hetero) is 1. The fourth-order valence-electron chi connectivity index (χ4n) is 1.35. The third-order valence-corrected chi connectivity index (χ3v) is 5.94. The largest absolute Gasteiger partial charge is 0.298 e. The number of carbonyl (C=O) groups excluding carboxylic acids is 1. The van der Waals surface area contributed by atoms with Crippen molar-refractivity contribution in [1.29, 1.82) is 0 Å². The van der Waals surface area contributed by atoms with Crippen molar-refractivity contribution in [3.8, 4) is 0 Å². The summed E-state index contributed by atoms with van der Waals surface area (Å²) in [5.74, 6) is -0.315. The number of hydrogen-bond acceptors (Lipinski definition) is 8. The van der Waals surface area contributed by atoms with E-state index >= 15 is 0 Å². The number of hydrogen-bond donors (Lipinski definition) is 1. The highest BCUT2D eigenvalue weighted by molar-refractivity contribution is 8.76. The summed E-state index contributed by atoms with van der Waals surface area (Å²) in [5, 5.41) is 9.55. The summed E-state index contributed by atoms with van der Waals surface area (Å²) in [6, 6.07) is 2.79. The van der Waals surface area contributed by atoms with Crippen LogP contribution in [0.1, 0.15) is 13.3 Å². The van der Waals surface area contributed by atoms with Gasteiger partial charge in [0.1, 0.15) is 22.3 Å². The van der Waals surface area contributed by atoms with Gasteiger partial charge in [0.15, 0.2) is 0 Å². The molecular weight excluding hydrogens is 340 g/mol. The minimum absolute atomic E-state index is 0.0151. The second kappa shape index (κ2) is 7.73. The van der Waals surface area contributed by atoms with Crippen molar-refractivity contribution in [2.24, 2.45) is 0 Å². The molecule has 8 nitrogen and oxygen atoms in total. The number of rotatable bonds is 8. The van der Waals surface area contributed by atoms with Crippen LogP contribution in [0.5, 0.6) is 0 Å². The molecule has 116 valence electrons. The fourth-order valence-corrected chi connectivity index (χ4v) is 4.29. The third-order valence-electron chi connectivity index (χ3n) is 2.35. The number of ketones is 1. The molecule has 21 heavy (non-hydrogen) atoms. The average Bonchev–Trinajstić information content (AvgIpc) is 2.37. The maximum atomic E-state index is 11.1. The van der Waals surface area contributed by atoms with E-state index in [1.165, 1.54) is 33.7 Å². The highest BCUT2D eigenvalue weighted by Gasteiger charge is 2.27. The van der Waals surface area contributed by atoms with Gasteiger partial charge in [0, 0.05) is 11.8 Å². The highest BCUT2D eigenvalue weighted by Crippen LogP contribution is 2.31. The van der Waals surface area contributed by atoms with E-state index in [2.05, 4.69) is 4.98 Å². The van der Waals surface area contributed by atoms with Crippen molar-refractivity contribution in [1.82, 2.24) is 4.98 Å². The van der Waals surface area contributed by atoms with E-state index in [9.17, 15) is 23.3 Å². The van der Waals surface area contributed by atoms with Crippen LogP contribution < -0.4 is 0 Å². The van der Waals surface area contributed by atoms with Crippen molar-refractivity contribution < 1.29 is 22.7 Å². The second-order valence-electron chi connectivity index (χ2n) is 3.92. The van der Waals surface area contributed by atoms with Crippen LogP contribution in [0.3, 0.4) is 0 Å². The van der Waals surface area contributed by atoms with Gasteiger partial charge >= 0.3 is 0 Å². The molecule has 0 radical (unpaired) electrons. The van der Waals surface area contributed by atoms with Crippen molar-refractivity contribution >= 4 is 43.2 Å². The monoisotopic (exact) mass is 352 g/mol. The molecule has 0 saturated heterocycles. The number of pyridine rings is 1. The Kier molecular flexibility index (Phi) is 6.58. The van der Waals surface area contributed by atoms with Crippen LogP contribution >= 0.6 is 21.6 Å². The average molecular weight is 352 g/mol. The van der Waals surface area contributed by atoms with Gasteiger partial charge in [-0.05, 0) is 30.2 Å². The first kappa shape index (κ1) is 17.9. The maximum absolute atomic E-state index is 11.1. The van der Waals surface area contributed by atoms with E-state index in [0.717, 1.165) is 13.1 Å². The van der Waals surface area contributed by atoms with Crippen LogP contribution in [0.25, 0.3) is 0 Å². The van der Waals surface area contributed by atoms with Crippen molar-refractivity contribution in [3.05, 3.63) is 28.4 Å². The molecule has 1 unspecified atom stereocenters. The minimum Gasteiger partial charge on any atom is -0.298 e. The molecule has 0 spiro atoms. The van der Waals surface area contributed by atoms with E-state index in [0.29, 0.717) is 10.8 Å². The number of carbonyl (C=O) groups is 1. The smallest absolute Gasteiger partial charge is 0.287 e. The zero-order valence-electron chi connectivity index (χ0n) is 10.8. The zero-order chi connectivity index (χ0) is 16.0. The summed E-state index contributed by atoms with van der Waals surface area (Å²) >= 11 is 0. The molecule has 0 saturated carbocycles. The van der Waals surface area contributed by atoms with E-state index in [4.69, 9.17) is 4.55 Å². The van der Waals surface area contributed by atoms with Gasteiger partial charge in [0.25, 0.3) is 15.8 Å². The first-order chi connectivity index (χ1) is 9.71. The van der Waals surface area contributed by atoms with Crippen molar-refractivity contribution in [2.45, 2.75) is 23.6 Å². The lowest BCUT2D eigenvalue weighted by atomic mass is 10.2. The molecule has 1 atom stereocenters. The van der Waals surface area contributed by atoms with Gasteiger partial charge in [-0.15, -0.1) is 0 Å². The lowest BCUT2D eigenvalue weighted by molar-refractivity contribution is -0.385. The van der Waals surface area contributed by atoms with E-state index in [1.54, 1.807) is 0 Å². The SMILES string of the molecule is CC(=O)C(CCSSc1ccc([N+](=O)[O-])cn1)S(=O)(=O)O. The van der Waals surface area contributed by atoms with Gasteiger partial charge in [-0.1, -0.05) is 10.8 Å². The summed E-state index contributed by atoms with van der Waals surface area (Å²) < 4.78 is 30.9. The number of nitrogens with zero attached hydrogens (tertiary/aromatic N) is 2. The van der Waals surface area contributed by atoms with Crippen molar-refractivity contribution in [3.63, 3.8) is 0 Å². The molecule has 0 aliphatic carbocycles. The molecule has 0 aromatic carbocycles. The molecule has 1 aromatic heterocycles. The quantitative estimate of drug-likeness (QED) is 0.245. The van der Waals surface area contributed by atoms with Crippen LogP contribution in [-0.4, -0.2) is 39.7 Å². The molecule has 1 heterocycles. The molecule has 0 bridgehead atoms. The molecule has 11 heteroatoms. The van der Waals surface area contributed by atoms with Crippen LogP contribution in [0.15, 0.2) is 23.4 Å². The highest BCUT2D eigenvalue weighted by atomic mass is 33.1.